The number of nitro benzene ring substituents is 1. The monoisotopic (exact) mass is 356 g/mol. The highest BCUT2D eigenvalue weighted by molar-refractivity contribution is 6.11. The van der Waals surface area contributed by atoms with E-state index in [1.807, 2.05) is 13.8 Å². The molecule has 0 radical (unpaired) electrons. The Morgan fingerprint density at radius 2 is 1.81 bits per heavy atom. The molecule has 0 aromatic heterocycles. The molecule has 0 bridgehead atoms. The van der Waals surface area contributed by atoms with Gasteiger partial charge >= 0.3 is 0 Å². The number of hydrogen-bond donors (Lipinski definition) is 0. The molecule has 2 aliphatic heterocycles. The van der Waals surface area contributed by atoms with Crippen molar-refractivity contribution in [2.24, 2.45) is 10.8 Å². The molecule has 4 rings (SSSR count). The summed E-state index contributed by atoms with van der Waals surface area (Å²) in [7, 11) is 0. The van der Waals surface area contributed by atoms with Crippen LogP contribution in [-0.2, 0) is 16.0 Å². The molecule has 1 aliphatic carbocycles. The van der Waals surface area contributed by atoms with Crippen LogP contribution in [0.25, 0.3) is 0 Å². The Kier molecular flexibility index (Phi) is 3.72. The number of rotatable bonds is 1. The molecular weight excluding hydrogens is 332 g/mol. The van der Waals surface area contributed by atoms with Crippen molar-refractivity contribution < 1.29 is 14.5 Å². The molecule has 0 unspecified atom stereocenters. The zero-order chi connectivity index (χ0) is 18.7. The van der Waals surface area contributed by atoms with Gasteiger partial charge in [0.05, 0.1) is 4.92 Å². The fourth-order valence-corrected chi connectivity index (χ4v) is 5.23. The lowest BCUT2D eigenvalue weighted by atomic mass is 9.55. The normalized spacial score (nSPS) is 26.4. The predicted octanol–water partition coefficient (Wildman–Crippen LogP) is 3.45. The number of benzene rings is 1. The predicted molar refractivity (Wildman–Crippen MR) is 97.2 cm³/mol. The van der Waals surface area contributed by atoms with Gasteiger partial charge in [0, 0.05) is 43.2 Å². The fourth-order valence-electron chi connectivity index (χ4n) is 5.23. The minimum absolute atomic E-state index is 0.0189. The summed E-state index contributed by atoms with van der Waals surface area (Å²) in [6, 6.07) is 4.76. The molecule has 1 aromatic carbocycles. The van der Waals surface area contributed by atoms with E-state index in [1.165, 1.54) is 6.07 Å². The van der Waals surface area contributed by atoms with E-state index in [0.29, 0.717) is 19.3 Å². The molecular formula is C20H24N2O4. The number of nitro groups is 1. The largest absolute Gasteiger partial charge is 0.367 e. The third kappa shape index (κ3) is 2.38. The first-order valence-electron chi connectivity index (χ1n) is 9.35. The topological polar surface area (TPSA) is 80.5 Å². The van der Waals surface area contributed by atoms with E-state index >= 15 is 0 Å². The maximum Gasteiger partial charge on any atom is 0.269 e. The van der Waals surface area contributed by atoms with Gasteiger partial charge in [-0.25, -0.2) is 0 Å². The number of carbonyl (C=O) groups is 2. The number of anilines is 1. The highest BCUT2D eigenvalue weighted by Crippen LogP contribution is 2.52. The molecule has 6 nitrogen and oxygen atoms in total. The van der Waals surface area contributed by atoms with Gasteiger partial charge in [0.25, 0.3) is 5.69 Å². The molecule has 1 spiro atoms. The molecule has 6 heteroatoms. The third-order valence-corrected chi connectivity index (χ3v) is 6.40. The summed E-state index contributed by atoms with van der Waals surface area (Å²) in [5, 5.41) is 11.2. The fraction of sp³-hybridized carbons (Fsp3) is 0.600. The van der Waals surface area contributed by atoms with E-state index in [1.54, 1.807) is 12.1 Å². The number of fused-ring (bicyclic) bond motifs is 4. The number of piperidine rings is 1. The second kappa shape index (κ2) is 5.63. The molecule has 138 valence electrons. The van der Waals surface area contributed by atoms with E-state index in [-0.39, 0.29) is 28.7 Å². The highest BCUT2D eigenvalue weighted by atomic mass is 16.6. The van der Waals surface area contributed by atoms with Crippen LogP contribution in [0.2, 0.25) is 0 Å². The van der Waals surface area contributed by atoms with Gasteiger partial charge in [0.15, 0.2) is 0 Å². The van der Waals surface area contributed by atoms with Gasteiger partial charge in [-0.15, -0.1) is 0 Å². The standard InChI is InChI=1S/C20H24N2O4/c1-19(2)11-17(23)20(18(24)12-19)10-13-9-14(22(25)26)6-7-15(13)21-8-4-3-5-16(20)21/h6-7,9,16H,3-5,8,10-12H2,1-2H3/t16-/m0/s1. The van der Waals surface area contributed by atoms with E-state index in [2.05, 4.69) is 4.90 Å². The quantitative estimate of drug-likeness (QED) is 0.437. The number of ketones is 2. The van der Waals surface area contributed by atoms with E-state index < -0.39 is 10.3 Å². The summed E-state index contributed by atoms with van der Waals surface area (Å²) in [5.74, 6) is 0.0422. The molecule has 3 aliphatic rings. The minimum atomic E-state index is -1.03. The SMILES string of the molecule is CC1(C)CC(=O)C2(Cc3cc([N+](=O)[O-])ccc3N3CCCC[C@H]32)C(=O)C1. The Morgan fingerprint density at radius 3 is 2.46 bits per heavy atom. The second-order valence-corrected chi connectivity index (χ2v) is 8.79. The Hall–Kier alpha value is -2.24. The van der Waals surface area contributed by atoms with Crippen LogP contribution in [0.1, 0.15) is 51.5 Å². The number of carbonyl (C=O) groups excluding carboxylic acids is 2. The van der Waals surface area contributed by atoms with Crippen LogP contribution in [0, 0.1) is 20.9 Å². The number of nitrogens with zero attached hydrogens (tertiary/aromatic N) is 2. The molecule has 1 saturated heterocycles. The zero-order valence-electron chi connectivity index (χ0n) is 15.3. The van der Waals surface area contributed by atoms with Crippen molar-refractivity contribution in [3.05, 3.63) is 33.9 Å². The van der Waals surface area contributed by atoms with Gasteiger partial charge in [-0.3, -0.25) is 19.7 Å². The molecule has 1 aromatic rings. The minimum Gasteiger partial charge on any atom is -0.367 e. The first-order chi connectivity index (χ1) is 12.2. The smallest absolute Gasteiger partial charge is 0.269 e. The highest BCUT2D eigenvalue weighted by Gasteiger charge is 2.59. The Morgan fingerprint density at radius 1 is 1.12 bits per heavy atom. The summed E-state index contributed by atoms with van der Waals surface area (Å²) in [5.41, 5.74) is 0.403. The summed E-state index contributed by atoms with van der Waals surface area (Å²) in [6.07, 6.45) is 3.94. The molecule has 26 heavy (non-hydrogen) atoms. The molecule has 1 saturated carbocycles. The third-order valence-electron chi connectivity index (χ3n) is 6.40. The lowest BCUT2D eigenvalue weighted by Gasteiger charge is -2.54. The van der Waals surface area contributed by atoms with Crippen LogP contribution >= 0.6 is 0 Å². The summed E-state index contributed by atoms with van der Waals surface area (Å²) in [4.78, 5) is 39.6. The van der Waals surface area contributed by atoms with Crippen LogP contribution in [0.5, 0.6) is 0 Å². The van der Waals surface area contributed by atoms with Crippen molar-refractivity contribution >= 4 is 22.9 Å². The first kappa shape index (κ1) is 17.2. The zero-order valence-corrected chi connectivity index (χ0v) is 15.3. The van der Waals surface area contributed by atoms with Gasteiger partial charge in [-0.1, -0.05) is 13.8 Å². The maximum absolute atomic E-state index is 13.3. The maximum atomic E-state index is 13.3. The van der Waals surface area contributed by atoms with Crippen molar-refractivity contribution in [1.29, 1.82) is 0 Å². The average molecular weight is 356 g/mol. The number of Topliss-reactive ketones (excluding diaryl/α,β-unsaturated/α-hetero) is 2. The molecule has 0 N–H and O–H groups in total. The second-order valence-electron chi connectivity index (χ2n) is 8.79. The van der Waals surface area contributed by atoms with Crippen molar-refractivity contribution in [1.82, 2.24) is 0 Å². The molecule has 1 atom stereocenters. The van der Waals surface area contributed by atoms with Gasteiger partial charge < -0.3 is 4.90 Å². The van der Waals surface area contributed by atoms with Crippen molar-refractivity contribution in [3.63, 3.8) is 0 Å². The molecule has 2 fully saturated rings. The van der Waals surface area contributed by atoms with Crippen LogP contribution in [0.15, 0.2) is 18.2 Å². The van der Waals surface area contributed by atoms with Gasteiger partial charge in [0.1, 0.15) is 17.0 Å². The molecule has 0 amide bonds. The molecule has 2 heterocycles. The van der Waals surface area contributed by atoms with E-state index in [4.69, 9.17) is 0 Å². The lowest BCUT2D eigenvalue weighted by Crippen LogP contribution is -2.64. The van der Waals surface area contributed by atoms with Gasteiger partial charge in [-0.2, -0.15) is 0 Å². The first-order valence-corrected chi connectivity index (χ1v) is 9.35. The van der Waals surface area contributed by atoms with Crippen LogP contribution < -0.4 is 4.90 Å². The summed E-state index contributed by atoms with van der Waals surface area (Å²) in [6.45, 7) is 4.73. The van der Waals surface area contributed by atoms with Crippen molar-refractivity contribution in [3.8, 4) is 0 Å². The number of non-ortho nitro benzene ring substituents is 1. The van der Waals surface area contributed by atoms with Crippen molar-refractivity contribution in [2.75, 3.05) is 11.4 Å². The van der Waals surface area contributed by atoms with E-state index in [9.17, 15) is 19.7 Å². The Labute approximate surface area is 152 Å². The lowest BCUT2D eigenvalue weighted by molar-refractivity contribution is -0.384. The van der Waals surface area contributed by atoms with Crippen molar-refractivity contribution in [2.45, 2.75) is 58.4 Å². The van der Waals surface area contributed by atoms with E-state index in [0.717, 1.165) is 37.1 Å². The summed E-state index contributed by atoms with van der Waals surface area (Å²) < 4.78 is 0. The Balaban J connectivity index is 1.86. The van der Waals surface area contributed by atoms with Crippen LogP contribution in [0.3, 0.4) is 0 Å². The van der Waals surface area contributed by atoms with Gasteiger partial charge in [-0.05, 0) is 42.7 Å². The van der Waals surface area contributed by atoms with Crippen LogP contribution in [0.4, 0.5) is 11.4 Å². The summed E-state index contributed by atoms with van der Waals surface area (Å²) >= 11 is 0. The van der Waals surface area contributed by atoms with Gasteiger partial charge in [0.2, 0.25) is 0 Å². The Bertz CT molecular complexity index is 794. The number of hydrogen-bond acceptors (Lipinski definition) is 5. The average Bonchev–Trinajstić information content (AvgIpc) is 2.58. The van der Waals surface area contributed by atoms with Crippen LogP contribution in [-0.4, -0.2) is 29.1 Å².